The van der Waals surface area contributed by atoms with Crippen molar-refractivity contribution < 1.29 is 4.79 Å². The Labute approximate surface area is 177 Å². The van der Waals surface area contributed by atoms with Gasteiger partial charge in [-0.2, -0.15) is 0 Å². The number of carbonyl (C=O) groups is 1. The van der Waals surface area contributed by atoms with Crippen LogP contribution in [0.5, 0.6) is 0 Å². The molecule has 1 N–H and O–H groups in total. The number of para-hydroxylation sites is 2. The fourth-order valence-corrected chi connectivity index (χ4v) is 3.83. The van der Waals surface area contributed by atoms with Crippen LogP contribution >= 0.6 is 0 Å². The number of carbonyl (C=O) groups excluding carboxylic acids is 1. The molecular weight excluding hydrogens is 376 g/mol. The van der Waals surface area contributed by atoms with Gasteiger partial charge < -0.3 is 10.2 Å². The van der Waals surface area contributed by atoms with Gasteiger partial charge in [-0.25, -0.2) is 9.78 Å². The number of fused-ring (bicyclic) bond motifs is 1. The monoisotopic (exact) mass is 406 g/mol. The minimum atomic E-state index is -0.300. The number of amides is 2. The SMILES string of the molecule is CCCN(C(=O)Nc1ccccc1C)C(CC)c1nc2ccccc2c(=O)n1CC. The number of hydrogen-bond acceptors (Lipinski definition) is 3. The largest absolute Gasteiger partial charge is 0.322 e. The summed E-state index contributed by atoms with van der Waals surface area (Å²) >= 11 is 0. The van der Waals surface area contributed by atoms with Crippen molar-refractivity contribution in [1.82, 2.24) is 14.5 Å². The fraction of sp³-hybridized carbons (Fsp3) is 0.375. The molecule has 6 heteroatoms. The highest BCUT2D eigenvalue weighted by atomic mass is 16.2. The summed E-state index contributed by atoms with van der Waals surface area (Å²) in [5.41, 5.74) is 2.39. The summed E-state index contributed by atoms with van der Waals surface area (Å²) in [7, 11) is 0. The van der Waals surface area contributed by atoms with Gasteiger partial charge in [-0.05, 0) is 50.5 Å². The molecule has 1 heterocycles. The Morgan fingerprint density at radius 3 is 2.47 bits per heavy atom. The maximum absolute atomic E-state index is 13.3. The molecule has 3 rings (SSSR count). The average molecular weight is 407 g/mol. The minimum Gasteiger partial charge on any atom is -0.314 e. The lowest BCUT2D eigenvalue weighted by Gasteiger charge is -2.32. The number of aryl methyl sites for hydroxylation is 1. The molecule has 0 saturated carbocycles. The number of nitrogens with zero attached hydrogens (tertiary/aromatic N) is 3. The van der Waals surface area contributed by atoms with Crippen molar-refractivity contribution in [2.75, 3.05) is 11.9 Å². The zero-order valence-electron chi connectivity index (χ0n) is 18.2. The first-order chi connectivity index (χ1) is 14.5. The molecule has 158 valence electrons. The van der Waals surface area contributed by atoms with Crippen LogP contribution in [0.2, 0.25) is 0 Å². The number of nitrogens with one attached hydrogen (secondary N) is 1. The van der Waals surface area contributed by atoms with Gasteiger partial charge in [0.25, 0.3) is 5.56 Å². The first kappa shape index (κ1) is 21.6. The van der Waals surface area contributed by atoms with Gasteiger partial charge in [-0.3, -0.25) is 9.36 Å². The number of aromatic nitrogens is 2. The molecule has 6 nitrogen and oxygen atoms in total. The van der Waals surface area contributed by atoms with Gasteiger partial charge in [0, 0.05) is 18.8 Å². The van der Waals surface area contributed by atoms with Gasteiger partial charge in [0.05, 0.1) is 16.9 Å². The van der Waals surface area contributed by atoms with Gasteiger partial charge in [0.1, 0.15) is 5.82 Å². The highest BCUT2D eigenvalue weighted by molar-refractivity contribution is 5.90. The second-order valence-corrected chi connectivity index (χ2v) is 7.40. The Morgan fingerprint density at radius 2 is 1.80 bits per heavy atom. The molecule has 0 radical (unpaired) electrons. The van der Waals surface area contributed by atoms with Crippen LogP contribution in [0.3, 0.4) is 0 Å². The molecule has 2 aromatic carbocycles. The maximum Gasteiger partial charge on any atom is 0.322 e. The standard InChI is InChI=1S/C24H30N4O2/c1-5-16-28(24(30)26-19-14-10-8-12-17(19)4)21(6-2)22-25-20-15-11-9-13-18(20)23(29)27(22)7-3/h8-15,21H,5-7,16H2,1-4H3,(H,26,30). The van der Waals surface area contributed by atoms with Crippen molar-refractivity contribution in [1.29, 1.82) is 0 Å². The van der Waals surface area contributed by atoms with E-state index in [0.717, 1.165) is 17.7 Å². The third kappa shape index (κ3) is 4.22. The summed E-state index contributed by atoms with van der Waals surface area (Å²) in [6.45, 7) is 9.05. The van der Waals surface area contributed by atoms with E-state index in [1.54, 1.807) is 15.5 Å². The molecular formula is C24H30N4O2. The molecule has 1 unspecified atom stereocenters. The van der Waals surface area contributed by atoms with E-state index in [9.17, 15) is 9.59 Å². The van der Waals surface area contributed by atoms with Crippen LogP contribution in [0.1, 0.15) is 51.0 Å². The Balaban J connectivity index is 2.06. The number of benzene rings is 2. The van der Waals surface area contributed by atoms with E-state index in [-0.39, 0.29) is 17.6 Å². The van der Waals surface area contributed by atoms with Crippen LogP contribution in [0, 0.1) is 6.92 Å². The van der Waals surface area contributed by atoms with Crippen molar-refractivity contribution >= 4 is 22.6 Å². The van der Waals surface area contributed by atoms with Gasteiger partial charge in [-0.1, -0.05) is 44.2 Å². The number of rotatable bonds is 7. The van der Waals surface area contributed by atoms with Crippen LogP contribution in [0.15, 0.2) is 53.3 Å². The molecule has 2 amide bonds. The van der Waals surface area contributed by atoms with Gasteiger partial charge in [-0.15, -0.1) is 0 Å². The third-order valence-electron chi connectivity index (χ3n) is 5.38. The number of hydrogen-bond donors (Lipinski definition) is 1. The lowest BCUT2D eigenvalue weighted by Crippen LogP contribution is -2.41. The van der Waals surface area contributed by atoms with E-state index in [0.29, 0.717) is 36.2 Å². The molecule has 0 spiro atoms. The summed E-state index contributed by atoms with van der Waals surface area (Å²) in [4.78, 5) is 33.0. The van der Waals surface area contributed by atoms with E-state index in [1.165, 1.54) is 0 Å². The van der Waals surface area contributed by atoms with Crippen molar-refractivity contribution in [2.24, 2.45) is 0 Å². The van der Waals surface area contributed by atoms with Crippen molar-refractivity contribution in [3.05, 3.63) is 70.3 Å². The average Bonchev–Trinajstić information content (AvgIpc) is 2.75. The normalized spacial score (nSPS) is 12.0. The zero-order valence-corrected chi connectivity index (χ0v) is 18.2. The molecule has 1 atom stereocenters. The smallest absolute Gasteiger partial charge is 0.314 e. The van der Waals surface area contributed by atoms with Crippen molar-refractivity contribution in [3.8, 4) is 0 Å². The van der Waals surface area contributed by atoms with E-state index in [4.69, 9.17) is 4.98 Å². The third-order valence-corrected chi connectivity index (χ3v) is 5.38. The van der Waals surface area contributed by atoms with Crippen molar-refractivity contribution in [3.63, 3.8) is 0 Å². The zero-order chi connectivity index (χ0) is 21.7. The van der Waals surface area contributed by atoms with Crippen LogP contribution in [0.4, 0.5) is 10.5 Å². The predicted molar refractivity (Wildman–Crippen MR) is 122 cm³/mol. The summed E-state index contributed by atoms with van der Waals surface area (Å²) in [6.07, 6.45) is 1.47. The molecule has 30 heavy (non-hydrogen) atoms. The summed E-state index contributed by atoms with van der Waals surface area (Å²) in [5, 5.41) is 3.64. The second-order valence-electron chi connectivity index (χ2n) is 7.40. The molecule has 0 aliphatic heterocycles. The topological polar surface area (TPSA) is 67.2 Å². The van der Waals surface area contributed by atoms with Crippen LogP contribution in [-0.2, 0) is 6.54 Å². The second kappa shape index (κ2) is 9.57. The van der Waals surface area contributed by atoms with Crippen LogP contribution in [-0.4, -0.2) is 27.0 Å². The van der Waals surface area contributed by atoms with Gasteiger partial charge in [0.15, 0.2) is 0 Å². The van der Waals surface area contributed by atoms with E-state index in [2.05, 4.69) is 5.32 Å². The first-order valence-electron chi connectivity index (χ1n) is 10.6. The Hall–Kier alpha value is -3.15. The van der Waals surface area contributed by atoms with E-state index in [1.807, 2.05) is 70.2 Å². The molecule has 0 bridgehead atoms. The van der Waals surface area contributed by atoms with Gasteiger partial charge >= 0.3 is 6.03 Å². The lowest BCUT2D eigenvalue weighted by atomic mass is 10.1. The van der Waals surface area contributed by atoms with Gasteiger partial charge in [0.2, 0.25) is 0 Å². The number of anilines is 1. The van der Waals surface area contributed by atoms with Crippen LogP contribution in [0.25, 0.3) is 10.9 Å². The summed E-state index contributed by atoms with van der Waals surface area (Å²) < 4.78 is 1.69. The fourth-order valence-electron chi connectivity index (χ4n) is 3.83. The molecule has 1 aromatic heterocycles. The lowest BCUT2D eigenvalue weighted by molar-refractivity contribution is 0.180. The van der Waals surface area contributed by atoms with E-state index >= 15 is 0 Å². The molecule has 0 aliphatic carbocycles. The van der Waals surface area contributed by atoms with E-state index < -0.39 is 0 Å². The minimum absolute atomic E-state index is 0.0627. The molecule has 3 aromatic rings. The Kier molecular flexibility index (Phi) is 6.87. The maximum atomic E-state index is 13.3. The molecule has 0 aliphatic rings. The quantitative estimate of drug-likeness (QED) is 0.592. The predicted octanol–water partition coefficient (Wildman–Crippen LogP) is 5.12. The number of urea groups is 1. The van der Waals surface area contributed by atoms with Crippen LogP contribution < -0.4 is 10.9 Å². The summed E-state index contributed by atoms with van der Waals surface area (Å²) in [5.74, 6) is 0.636. The Bertz CT molecular complexity index is 1090. The highest BCUT2D eigenvalue weighted by Gasteiger charge is 2.28. The molecule has 0 saturated heterocycles. The van der Waals surface area contributed by atoms with Crippen molar-refractivity contribution in [2.45, 2.75) is 53.1 Å². The first-order valence-corrected chi connectivity index (χ1v) is 10.6. The Morgan fingerprint density at radius 1 is 1.10 bits per heavy atom. The molecule has 0 fully saturated rings. The summed E-state index contributed by atoms with van der Waals surface area (Å²) in [6, 6.07) is 14.6. The highest BCUT2D eigenvalue weighted by Crippen LogP contribution is 2.25.